The summed E-state index contributed by atoms with van der Waals surface area (Å²) in [6.07, 6.45) is 5.50. The van der Waals surface area contributed by atoms with Gasteiger partial charge >= 0.3 is 0 Å². The summed E-state index contributed by atoms with van der Waals surface area (Å²) < 4.78 is 33.9. The average Bonchev–Trinajstić information content (AvgIpc) is 3.69. The molecule has 0 bridgehead atoms. The highest BCUT2D eigenvalue weighted by Crippen LogP contribution is 2.38. The predicted octanol–water partition coefficient (Wildman–Crippen LogP) is 7.55. The van der Waals surface area contributed by atoms with Gasteiger partial charge in [0.2, 0.25) is 5.78 Å². The smallest absolute Gasteiger partial charge is 0.214 e. The Morgan fingerprint density at radius 2 is 1.77 bits per heavy atom. The van der Waals surface area contributed by atoms with Crippen molar-refractivity contribution in [2.45, 2.75) is 64.5 Å². The summed E-state index contributed by atoms with van der Waals surface area (Å²) in [7, 11) is 0. The maximum atomic E-state index is 14.1. The molecule has 5 aromatic rings. The second-order valence-electron chi connectivity index (χ2n) is 13.2. The summed E-state index contributed by atoms with van der Waals surface area (Å²) in [5.74, 6) is 1.42. The molecule has 2 fully saturated rings. The van der Waals surface area contributed by atoms with Crippen molar-refractivity contribution < 1.29 is 23.4 Å². The van der Waals surface area contributed by atoms with Crippen molar-refractivity contribution in [1.82, 2.24) is 19.7 Å². The molecule has 0 amide bonds. The number of aromatic nitrogens is 3. The number of nitrogens with two attached hydrogens (primary N) is 1. The minimum atomic E-state index is -0.441. The Balaban J connectivity index is 1.14. The molecule has 2 aliphatic heterocycles. The summed E-state index contributed by atoms with van der Waals surface area (Å²) in [5, 5.41) is 5.36. The van der Waals surface area contributed by atoms with Gasteiger partial charge in [-0.15, -0.1) is 0 Å². The number of piperidine rings is 1. The number of carbonyl (C=O) groups is 1. The van der Waals surface area contributed by atoms with Crippen LogP contribution in [0.3, 0.4) is 0 Å². The van der Waals surface area contributed by atoms with Crippen LogP contribution in [0.25, 0.3) is 16.6 Å². The fourth-order valence-electron chi connectivity index (χ4n) is 6.83. The van der Waals surface area contributed by atoms with Gasteiger partial charge in [-0.25, -0.2) is 9.07 Å². The first-order chi connectivity index (χ1) is 23.2. The number of ether oxygens (including phenoxy) is 3. The lowest BCUT2D eigenvalue weighted by atomic mass is 9.90. The van der Waals surface area contributed by atoms with Crippen LogP contribution >= 0.6 is 0 Å². The Morgan fingerprint density at radius 1 is 1.00 bits per heavy atom. The molecule has 2 aliphatic rings. The van der Waals surface area contributed by atoms with Crippen LogP contribution in [0.1, 0.15) is 72.6 Å². The van der Waals surface area contributed by atoms with Gasteiger partial charge in [-0.3, -0.25) is 4.79 Å². The van der Waals surface area contributed by atoms with Gasteiger partial charge in [0.05, 0.1) is 23.1 Å². The lowest BCUT2D eigenvalue weighted by molar-refractivity contribution is 0.0760. The average molecular weight is 652 g/mol. The van der Waals surface area contributed by atoms with Crippen molar-refractivity contribution in [3.8, 4) is 22.9 Å². The number of nitrogens with zero attached hydrogens (tertiary/aromatic N) is 3. The highest BCUT2D eigenvalue weighted by atomic mass is 19.1. The number of aromatic amines is 1. The van der Waals surface area contributed by atoms with E-state index in [1.165, 1.54) is 22.5 Å². The van der Waals surface area contributed by atoms with Gasteiger partial charge in [0.25, 0.3) is 0 Å². The molecule has 48 heavy (non-hydrogen) atoms. The van der Waals surface area contributed by atoms with Crippen LogP contribution in [0, 0.1) is 12.7 Å². The van der Waals surface area contributed by atoms with Gasteiger partial charge < -0.3 is 29.8 Å². The van der Waals surface area contributed by atoms with E-state index < -0.39 is 5.82 Å². The molecule has 2 saturated heterocycles. The first-order valence-corrected chi connectivity index (χ1v) is 16.8. The number of hydrogen-bond donors (Lipinski definition) is 2. The molecule has 3 aromatic carbocycles. The maximum absolute atomic E-state index is 14.1. The monoisotopic (exact) mass is 651 g/mol. The summed E-state index contributed by atoms with van der Waals surface area (Å²) in [6.45, 7) is 9.86. The molecule has 0 aliphatic carbocycles. The van der Waals surface area contributed by atoms with Crippen molar-refractivity contribution in [2.75, 3.05) is 32.0 Å². The molecule has 250 valence electrons. The van der Waals surface area contributed by atoms with Gasteiger partial charge in [-0.2, -0.15) is 5.10 Å². The Bertz CT molecular complexity index is 1930. The zero-order valence-electron chi connectivity index (χ0n) is 27.7. The van der Waals surface area contributed by atoms with E-state index in [4.69, 9.17) is 19.9 Å². The molecular formula is C38H42FN5O4. The van der Waals surface area contributed by atoms with Gasteiger partial charge in [0.15, 0.2) is 11.6 Å². The normalized spacial score (nSPS) is 16.5. The molecule has 0 unspecified atom stereocenters. The second-order valence-corrected chi connectivity index (χ2v) is 13.2. The zero-order valence-corrected chi connectivity index (χ0v) is 27.7. The number of anilines is 1. The SMILES string of the molecule is Cc1cc(-n2ncc(C(=O)c3cc4cc(OC5CCN(C(C)C)CC5)c(C5CCOCC5)cc4[nH]3)c2N)ccc1Oc1ccccc1F. The van der Waals surface area contributed by atoms with Crippen molar-refractivity contribution in [2.24, 2.45) is 0 Å². The van der Waals surface area contributed by atoms with Gasteiger partial charge in [0.1, 0.15) is 23.4 Å². The van der Waals surface area contributed by atoms with E-state index in [0.29, 0.717) is 34.7 Å². The van der Waals surface area contributed by atoms with Crippen molar-refractivity contribution in [1.29, 1.82) is 0 Å². The molecule has 7 rings (SSSR count). The highest BCUT2D eigenvalue weighted by Gasteiger charge is 2.27. The van der Waals surface area contributed by atoms with Crippen molar-refractivity contribution in [3.05, 3.63) is 95.1 Å². The van der Waals surface area contributed by atoms with E-state index in [-0.39, 0.29) is 23.5 Å². The van der Waals surface area contributed by atoms with Crippen LogP contribution in [0.4, 0.5) is 10.2 Å². The number of aryl methyl sites for hydroxylation is 1. The third-order valence-corrected chi connectivity index (χ3v) is 9.67. The number of benzene rings is 3. The van der Waals surface area contributed by atoms with Gasteiger partial charge in [-0.05, 0) is 112 Å². The molecule has 0 spiro atoms. The van der Waals surface area contributed by atoms with E-state index in [1.54, 1.807) is 30.3 Å². The number of hydrogen-bond acceptors (Lipinski definition) is 7. The third-order valence-electron chi connectivity index (χ3n) is 9.67. The predicted molar refractivity (Wildman–Crippen MR) is 184 cm³/mol. The molecule has 4 heterocycles. The van der Waals surface area contributed by atoms with E-state index in [2.05, 4.69) is 41.0 Å². The van der Waals surface area contributed by atoms with Crippen LogP contribution in [-0.2, 0) is 4.74 Å². The number of carbonyl (C=O) groups excluding carboxylic acids is 1. The van der Waals surface area contributed by atoms with Gasteiger partial charge in [0, 0.05) is 43.2 Å². The lowest BCUT2D eigenvalue weighted by Gasteiger charge is -2.35. The molecule has 3 N–H and O–H groups in total. The number of rotatable bonds is 9. The standard InChI is InChI=1S/C38H42FN5O4/c1-23(2)43-14-10-28(11-15-43)47-36-20-26-19-33(42-32(26)21-29(36)25-12-16-46-17-13-25)37(45)30-22-41-44(38(30)40)27-8-9-34(24(3)18-27)48-35-7-5-4-6-31(35)39/h4-9,18-23,25,28,42H,10-17,40H2,1-3H3. The molecule has 0 atom stereocenters. The van der Waals surface area contributed by atoms with Crippen LogP contribution in [-0.4, -0.2) is 63.9 Å². The Hall–Kier alpha value is -4.67. The fraction of sp³-hybridized carbons (Fsp3) is 0.368. The fourth-order valence-corrected chi connectivity index (χ4v) is 6.83. The second kappa shape index (κ2) is 13.4. The minimum Gasteiger partial charge on any atom is -0.490 e. The summed E-state index contributed by atoms with van der Waals surface area (Å²) >= 11 is 0. The maximum Gasteiger partial charge on any atom is 0.214 e. The van der Waals surface area contributed by atoms with Crippen molar-refractivity contribution >= 4 is 22.5 Å². The highest BCUT2D eigenvalue weighted by molar-refractivity contribution is 6.12. The number of halogens is 1. The Labute approximate surface area is 279 Å². The van der Waals surface area contributed by atoms with Crippen LogP contribution in [0.2, 0.25) is 0 Å². The Morgan fingerprint density at radius 3 is 2.50 bits per heavy atom. The van der Waals surface area contributed by atoms with Crippen molar-refractivity contribution in [3.63, 3.8) is 0 Å². The van der Waals surface area contributed by atoms with Crippen LogP contribution < -0.4 is 15.2 Å². The molecule has 2 aromatic heterocycles. The number of nitrogen functional groups attached to an aromatic ring is 1. The van der Waals surface area contributed by atoms with Gasteiger partial charge in [-0.1, -0.05) is 12.1 Å². The topological polar surface area (TPSA) is 108 Å². The van der Waals surface area contributed by atoms with E-state index in [0.717, 1.165) is 74.2 Å². The largest absolute Gasteiger partial charge is 0.490 e. The number of ketones is 1. The summed E-state index contributed by atoms with van der Waals surface area (Å²) in [6, 6.07) is 18.2. The molecular weight excluding hydrogens is 609 g/mol. The molecule has 9 nitrogen and oxygen atoms in total. The number of para-hydroxylation sites is 1. The molecule has 10 heteroatoms. The first-order valence-electron chi connectivity index (χ1n) is 16.8. The van der Waals surface area contributed by atoms with Crippen LogP contribution in [0.5, 0.6) is 17.2 Å². The van der Waals surface area contributed by atoms with Crippen LogP contribution in [0.15, 0.2) is 66.9 Å². The minimum absolute atomic E-state index is 0.142. The van der Waals surface area contributed by atoms with E-state index >= 15 is 0 Å². The summed E-state index contributed by atoms with van der Waals surface area (Å²) in [4.78, 5) is 19.7. The number of fused-ring (bicyclic) bond motifs is 1. The lowest BCUT2D eigenvalue weighted by Crippen LogP contribution is -2.41. The Kier molecular flexibility index (Phi) is 8.94. The molecule has 0 saturated carbocycles. The number of likely N-dealkylation sites (tertiary alicyclic amines) is 1. The quantitative estimate of drug-likeness (QED) is 0.159. The first kappa shape index (κ1) is 31.9. The molecule has 0 radical (unpaired) electrons. The summed E-state index contributed by atoms with van der Waals surface area (Å²) in [5.41, 5.74) is 10.7. The number of nitrogens with one attached hydrogen (secondary N) is 1. The third kappa shape index (κ3) is 6.42. The number of H-pyrrole nitrogens is 1. The van der Waals surface area contributed by atoms with E-state index in [9.17, 15) is 9.18 Å². The zero-order chi connectivity index (χ0) is 33.4. The van der Waals surface area contributed by atoms with E-state index in [1.807, 2.05) is 19.1 Å².